The maximum atomic E-state index is 13.2. The van der Waals surface area contributed by atoms with E-state index in [1.807, 2.05) is 30.3 Å². The highest BCUT2D eigenvalue weighted by Crippen LogP contribution is 2.41. The third-order valence-electron chi connectivity index (χ3n) is 6.19. The van der Waals surface area contributed by atoms with Gasteiger partial charge in [0.15, 0.2) is 5.16 Å². The number of hydrogen-bond acceptors (Lipinski definition) is 6. The second kappa shape index (κ2) is 9.16. The molecule has 3 aromatic rings. The van der Waals surface area contributed by atoms with Gasteiger partial charge in [0, 0.05) is 37.9 Å². The number of carbonyl (C=O) groups is 1. The van der Waals surface area contributed by atoms with Crippen molar-refractivity contribution in [1.82, 2.24) is 19.1 Å². The molecule has 8 nitrogen and oxygen atoms in total. The molecule has 2 aliphatic rings. The lowest BCUT2D eigenvalue weighted by Crippen LogP contribution is -2.37. The molecule has 1 saturated carbocycles. The van der Waals surface area contributed by atoms with Crippen LogP contribution in [0.15, 0.2) is 58.6 Å². The number of rotatable bonds is 7. The van der Waals surface area contributed by atoms with Gasteiger partial charge in [-0.3, -0.25) is 9.36 Å². The molecule has 10 heteroatoms. The number of thioether (sulfide) groups is 1. The predicted molar refractivity (Wildman–Crippen MR) is 132 cm³/mol. The van der Waals surface area contributed by atoms with Crippen molar-refractivity contribution in [3.63, 3.8) is 0 Å². The number of aryl methyl sites for hydroxylation is 1. The van der Waals surface area contributed by atoms with Crippen LogP contribution in [0.2, 0.25) is 0 Å². The molecule has 0 N–H and O–H groups in total. The summed E-state index contributed by atoms with van der Waals surface area (Å²) in [5, 5.41) is 9.55. The van der Waals surface area contributed by atoms with Crippen molar-refractivity contribution in [3.05, 3.63) is 59.9 Å². The Morgan fingerprint density at radius 1 is 1.12 bits per heavy atom. The average molecular weight is 498 g/mol. The number of carbonyl (C=O) groups excluding carboxylic acids is 1. The van der Waals surface area contributed by atoms with Crippen molar-refractivity contribution >= 4 is 33.4 Å². The maximum Gasteiger partial charge on any atom is 0.242 e. The zero-order chi connectivity index (χ0) is 23.9. The molecule has 2 heterocycles. The summed E-state index contributed by atoms with van der Waals surface area (Å²) in [6.45, 7) is 0.616. The Morgan fingerprint density at radius 3 is 2.59 bits per heavy atom. The lowest BCUT2D eigenvalue weighted by molar-refractivity contribution is -0.116. The first-order chi connectivity index (χ1) is 16.4. The molecule has 0 spiro atoms. The van der Waals surface area contributed by atoms with E-state index in [1.54, 1.807) is 23.1 Å². The number of benzene rings is 2. The summed E-state index contributed by atoms with van der Waals surface area (Å²) in [7, 11) is -0.480. The van der Waals surface area contributed by atoms with Crippen LogP contribution >= 0.6 is 11.8 Å². The Morgan fingerprint density at radius 2 is 1.88 bits per heavy atom. The number of sulfonamides is 1. The lowest BCUT2D eigenvalue weighted by Gasteiger charge is -2.30. The van der Waals surface area contributed by atoms with E-state index in [1.165, 1.54) is 30.2 Å². The largest absolute Gasteiger partial charge is 0.311 e. The van der Waals surface area contributed by atoms with Gasteiger partial charge in [0.2, 0.25) is 15.9 Å². The molecule has 1 aliphatic carbocycles. The van der Waals surface area contributed by atoms with E-state index >= 15 is 0 Å². The van der Waals surface area contributed by atoms with Gasteiger partial charge in [0.05, 0.1) is 10.6 Å². The van der Waals surface area contributed by atoms with E-state index in [4.69, 9.17) is 0 Å². The monoisotopic (exact) mass is 497 g/mol. The fourth-order valence-corrected chi connectivity index (χ4v) is 6.00. The summed E-state index contributed by atoms with van der Waals surface area (Å²) in [4.78, 5) is 15.3. The van der Waals surface area contributed by atoms with Crippen LogP contribution in [-0.4, -0.2) is 59.8 Å². The Bertz CT molecular complexity index is 1320. The van der Waals surface area contributed by atoms with Crippen molar-refractivity contribution in [2.75, 3.05) is 31.3 Å². The molecule has 0 atom stereocenters. The van der Waals surface area contributed by atoms with Crippen LogP contribution in [0, 0.1) is 0 Å². The van der Waals surface area contributed by atoms with Crippen molar-refractivity contribution in [1.29, 1.82) is 0 Å². The number of fused-ring (bicyclic) bond motifs is 1. The van der Waals surface area contributed by atoms with Gasteiger partial charge in [-0.15, -0.1) is 10.2 Å². The van der Waals surface area contributed by atoms with Gasteiger partial charge in [-0.25, -0.2) is 12.7 Å². The topological polar surface area (TPSA) is 88.4 Å². The number of amides is 1. The molecule has 1 fully saturated rings. The molecule has 2 aromatic carbocycles. The minimum absolute atomic E-state index is 0.0234. The van der Waals surface area contributed by atoms with Gasteiger partial charge in [0.25, 0.3) is 0 Å². The van der Waals surface area contributed by atoms with Crippen molar-refractivity contribution < 1.29 is 13.2 Å². The van der Waals surface area contributed by atoms with Gasteiger partial charge >= 0.3 is 0 Å². The molecular weight excluding hydrogens is 470 g/mol. The Balaban J connectivity index is 1.36. The van der Waals surface area contributed by atoms with Crippen LogP contribution in [-0.2, 0) is 21.2 Å². The van der Waals surface area contributed by atoms with Crippen molar-refractivity contribution in [3.8, 4) is 5.69 Å². The fraction of sp³-hybridized carbons (Fsp3) is 0.375. The Kier molecular flexibility index (Phi) is 6.22. The highest BCUT2D eigenvalue weighted by atomic mass is 32.2. The van der Waals surface area contributed by atoms with Crippen LogP contribution < -0.4 is 4.90 Å². The summed E-state index contributed by atoms with van der Waals surface area (Å²) in [6.07, 6.45) is 3.77. The van der Waals surface area contributed by atoms with E-state index in [2.05, 4.69) is 14.8 Å². The molecule has 1 aliphatic heterocycles. The number of nitrogens with zero attached hydrogens (tertiary/aromatic N) is 5. The van der Waals surface area contributed by atoms with Crippen LogP contribution in [0.25, 0.3) is 5.69 Å². The Labute approximate surface area is 204 Å². The summed E-state index contributed by atoms with van der Waals surface area (Å²) < 4.78 is 28.3. The molecule has 0 bridgehead atoms. The number of para-hydroxylation sites is 1. The van der Waals surface area contributed by atoms with Crippen LogP contribution in [0.5, 0.6) is 0 Å². The fourth-order valence-electron chi connectivity index (χ4n) is 4.21. The molecule has 5 rings (SSSR count). The quantitative estimate of drug-likeness (QED) is 0.465. The summed E-state index contributed by atoms with van der Waals surface area (Å²) in [5.74, 6) is 1.59. The van der Waals surface area contributed by atoms with Crippen LogP contribution in [0.4, 0.5) is 5.69 Å². The number of hydrogen-bond donors (Lipinski definition) is 0. The first kappa shape index (κ1) is 23.1. The molecule has 0 radical (unpaired) electrons. The van der Waals surface area contributed by atoms with Gasteiger partial charge in [0.1, 0.15) is 5.82 Å². The van der Waals surface area contributed by atoms with Gasteiger partial charge in [-0.2, -0.15) is 0 Å². The van der Waals surface area contributed by atoms with E-state index in [0.29, 0.717) is 17.6 Å². The molecule has 1 aromatic heterocycles. The molecule has 178 valence electrons. The van der Waals surface area contributed by atoms with Gasteiger partial charge < -0.3 is 4.90 Å². The highest BCUT2D eigenvalue weighted by Gasteiger charge is 2.32. The highest BCUT2D eigenvalue weighted by molar-refractivity contribution is 7.99. The van der Waals surface area contributed by atoms with E-state index in [9.17, 15) is 13.2 Å². The molecule has 0 saturated heterocycles. The van der Waals surface area contributed by atoms with Crippen molar-refractivity contribution in [2.24, 2.45) is 0 Å². The minimum Gasteiger partial charge on any atom is -0.311 e. The maximum absolute atomic E-state index is 13.2. The standard InChI is InChI=1S/C24H27N5O3S2/c1-27(2)34(31,32)20-12-13-21-18(15-20)7-6-14-28(21)22(30)16-33-24-26-25-23(17-10-11-17)29(24)19-8-4-3-5-9-19/h3-5,8-9,12-13,15,17H,6-7,10-11,14,16H2,1-2H3. The minimum atomic E-state index is -3.52. The molecular formula is C24H27N5O3S2. The zero-order valence-electron chi connectivity index (χ0n) is 19.2. The third-order valence-corrected chi connectivity index (χ3v) is 8.91. The second-order valence-corrected chi connectivity index (χ2v) is 11.9. The van der Waals surface area contributed by atoms with Crippen LogP contribution in [0.1, 0.15) is 36.6 Å². The third kappa shape index (κ3) is 4.37. The lowest BCUT2D eigenvalue weighted by atomic mass is 10.0. The molecule has 0 unspecified atom stereocenters. The van der Waals surface area contributed by atoms with E-state index in [0.717, 1.165) is 48.4 Å². The molecule has 1 amide bonds. The summed E-state index contributed by atoms with van der Waals surface area (Å²) in [5.41, 5.74) is 2.68. The van der Waals surface area contributed by atoms with Crippen molar-refractivity contribution in [2.45, 2.75) is 41.7 Å². The normalized spacial score (nSPS) is 16.0. The van der Waals surface area contributed by atoms with Gasteiger partial charge in [-0.1, -0.05) is 30.0 Å². The SMILES string of the molecule is CN(C)S(=O)(=O)c1ccc2c(c1)CCCN2C(=O)CSc1nnc(C2CC2)n1-c1ccccc1. The van der Waals surface area contributed by atoms with E-state index in [-0.39, 0.29) is 16.6 Å². The number of anilines is 1. The summed E-state index contributed by atoms with van der Waals surface area (Å²) >= 11 is 1.39. The zero-order valence-corrected chi connectivity index (χ0v) is 20.8. The number of aromatic nitrogens is 3. The average Bonchev–Trinajstić information content (AvgIpc) is 3.61. The Hall–Kier alpha value is -2.69. The molecule has 34 heavy (non-hydrogen) atoms. The van der Waals surface area contributed by atoms with E-state index < -0.39 is 10.0 Å². The first-order valence-electron chi connectivity index (χ1n) is 11.4. The summed E-state index contributed by atoms with van der Waals surface area (Å²) in [6, 6.07) is 15.0. The smallest absolute Gasteiger partial charge is 0.242 e. The van der Waals surface area contributed by atoms with Gasteiger partial charge in [-0.05, 0) is 61.6 Å². The van der Waals surface area contributed by atoms with Crippen LogP contribution in [0.3, 0.4) is 0 Å². The first-order valence-corrected chi connectivity index (χ1v) is 13.8. The predicted octanol–water partition coefficient (Wildman–Crippen LogP) is 3.47. The second-order valence-electron chi connectivity index (χ2n) is 8.80.